The van der Waals surface area contributed by atoms with Gasteiger partial charge in [-0.1, -0.05) is 11.6 Å². The van der Waals surface area contributed by atoms with Crippen LogP contribution in [0, 0.1) is 5.82 Å². The molecule has 1 aliphatic heterocycles. The van der Waals surface area contributed by atoms with Gasteiger partial charge in [-0.05, 0) is 25.1 Å². The average Bonchev–Trinajstić information content (AvgIpc) is 2.32. The lowest BCUT2D eigenvalue weighted by molar-refractivity contribution is 0.283. The van der Waals surface area contributed by atoms with Crippen LogP contribution in [0.2, 0.25) is 5.02 Å². The quantitative estimate of drug-likeness (QED) is 0.898. The first-order chi connectivity index (χ1) is 8.43. The summed E-state index contributed by atoms with van der Waals surface area (Å²) in [4.78, 5) is -0.358. The molecule has 1 atom stereocenters. The fourth-order valence-corrected chi connectivity index (χ4v) is 3.94. The Labute approximate surface area is 111 Å². The van der Waals surface area contributed by atoms with Crippen LogP contribution in [0.3, 0.4) is 0 Å². The molecule has 4 nitrogen and oxygen atoms in total. The number of nitrogens with one attached hydrogen (secondary N) is 1. The third-order valence-electron chi connectivity index (χ3n) is 2.92. The van der Waals surface area contributed by atoms with Crippen LogP contribution in [0.25, 0.3) is 0 Å². The Morgan fingerprint density at radius 2 is 2.22 bits per heavy atom. The van der Waals surface area contributed by atoms with E-state index >= 15 is 0 Å². The van der Waals surface area contributed by atoms with Gasteiger partial charge in [-0.15, -0.1) is 0 Å². The van der Waals surface area contributed by atoms with Crippen LogP contribution in [0.5, 0.6) is 0 Å². The number of sulfonamides is 1. The zero-order valence-electron chi connectivity index (χ0n) is 9.86. The maximum atomic E-state index is 13.7. The van der Waals surface area contributed by atoms with E-state index in [1.807, 2.05) is 0 Å². The van der Waals surface area contributed by atoms with Gasteiger partial charge in [0.05, 0.1) is 0 Å². The zero-order chi connectivity index (χ0) is 13.3. The lowest BCUT2D eigenvalue weighted by atomic mass is 10.3. The van der Waals surface area contributed by atoms with E-state index in [2.05, 4.69) is 5.32 Å². The van der Waals surface area contributed by atoms with Gasteiger partial charge >= 0.3 is 0 Å². The fourth-order valence-electron chi connectivity index (χ4n) is 1.98. The van der Waals surface area contributed by atoms with Crippen molar-refractivity contribution in [3.63, 3.8) is 0 Å². The summed E-state index contributed by atoms with van der Waals surface area (Å²) in [6.07, 6.45) is 0. The number of halogens is 2. The SMILES string of the molecule is C[C@@H]1CNCCN1S(=O)(=O)c1cc(Cl)ccc1F. The highest BCUT2D eigenvalue weighted by atomic mass is 35.5. The second-order valence-electron chi connectivity index (χ2n) is 4.24. The topological polar surface area (TPSA) is 49.4 Å². The van der Waals surface area contributed by atoms with Gasteiger partial charge in [0.2, 0.25) is 10.0 Å². The van der Waals surface area contributed by atoms with Crippen LogP contribution in [-0.4, -0.2) is 38.4 Å². The highest BCUT2D eigenvalue weighted by molar-refractivity contribution is 7.89. The number of benzene rings is 1. The van der Waals surface area contributed by atoms with E-state index in [0.29, 0.717) is 19.6 Å². The summed E-state index contributed by atoms with van der Waals surface area (Å²) in [6.45, 7) is 3.23. The monoisotopic (exact) mass is 292 g/mol. The predicted octanol–water partition coefficient (Wildman–Crippen LogP) is 1.46. The highest BCUT2D eigenvalue weighted by Crippen LogP contribution is 2.24. The maximum absolute atomic E-state index is 13.7. The summed E-state index contributed by atoms with van der Waals surface area (Å²) in [6, 6.07) is 3.35. The number of hydrogen-bond donors (Lipinski definition) is 1. The molecule has 0 amide bonds. The van der Waals surface area contributed by atoms with Crippen molar-refractivity contribution in [1.82, 2.24) is 9.62 Å². The van der Waals surface area contributed by atoms with E-state index in [0.717, 1.165) is 12.1 Å². The van der Waals surface area contributed by atoms with E-state index in [1.54, 1.807) is 6.92 Å². The average molecular weight is 293 g/mol. The molecule has 1 aromatic rings. The third-order valence-corrected chi connectivity index (χ3v) is 5.18. The van der Waals surface area contributed by atoms with Gasteiger partial charge in [0.1, 0.15) is 10.7 Å². The summed E-state index contributed by atoms with van der Waals surface area (Å²) in [5, 5.41) is 3.29. The van der Waals surface area contributed by atoms with Gasteiger partial charge in [-0.25, -0.2) is 12.8 Å². The molecular weight excluding hydrogens is 279 g/mol. The smallest absolute Gasteiger partial charge is 0.246 e. The Morgan fingerprint density at radius 3 is 2.89 bits per heavy atom. The largest absolute Gasteiger partial charge is 0.314 e. The molecule has 0 spiro atoms. The Kier molecular flexibility index (Phi) is 3.91. The molecule has 1 aliphatic rings. The second-order valence-corrected chi connectivity index (χ2v) is 6.54. The number of hydrogen-bond acceptors (Lipinski definition) is 3. The standard InChI is InChI=1S/C11H14ClFN2O2S/c1-8-7-14-4-5-15(8)18(16,17)11-6-9(12)2-3-10(11)13/h2-3,6,8,14H,4-5,7H2,1H3/t8-/m1/s1. The lowest BCUT2D eigenvalue weighted by Crippen LogP contribution is -2.52. The van der Waals surface area contributed by atoms with Gasteiger partial charge in [-0.2, -0.15) is 4.31 Å². The number of piperazine rings is 1. The molecule has 1 saturated heterocycles. The summed E-state index contributed by atoms with van der Waals surface area (Å²) in [5.74, 6) is -0.773. The van der Waals surface area contributed by atoms with Crippen molar-refractivity contribution in [2.45, 2.75) is 17.9 Å². The lowest BCUT2D eigenvalue weighted by Gasteiger charge is -2.32. The number of rotatable bonds is 2. The summed E-state index contributed by atoms with van der Waals surface area (Å²) in [7, 11) is -3.83. The minimum absolute atomic E-state index is 0.206. The van der Waals surface area contributed by atoms with Crippen molar-refractivity contribution < 1.29 is 12.8 Å². The maximum Gasteiger partial charge on any atom is 0.246 e. The minimum atomic E-state index is -3.83. The summed E-state index contributed by atoms with van der Waals surface area (Å²) < 4.78 is 39.7. The van der Waals surface area contributed by atoms with Crippen LogP contribution in [0.4, 0.5) is 4.39 Å². The molecule has 2 rings (SSSR count). The van der Waals surface area contributed by atoms with Crippen LogP contribution < -0.4 is 5.32 Å². The van der Waals surface area contributed by atoms with Crippen molar-refractivity contribution in [3.05, 3.63) is 29.0 Å². The summed E-state index contributed by atoms with van der Waals surface area (Å²) in [5.41, 5.74) is 0. The molecule has 1 fully saturated rings. The molecule has 1 aromatic carbocycles. The minimum Gasteiger partial charge on any atom is -0.314 e. The van der Waals surface area contributed by atoms with Gasteiger partial charge in [0.15, 0.2) is 0 Å². The molecule has 0 saturated carbocycles. The van der Waals surface area contributed by atoms with Crippen molar-refractivity contribution in [1.29, 1.82) is 0 Å². The first kappa shape index (κ1) is 13.7. The van der Waals surface area contributed by atoms with Gasteiger partial charge in [-0.3, -0.25) is 0 Å². The third kappa shape index (κ3) is 2.51. The first-order valence-electron chi connectivity index (χ1n) is 5.60. The van der Waals surface area contributed by atoms with Crippen LogP contribution in [-0.2, 0) is 10.0 Å². The van der Waals surface area contributed by atoms with Gasteiger partial charge in [0, 0.05) is 30.7 Å². The van der Waals surface area contributed by atoms with E-state index in [9.17, 15) is 12.8 Å². The zero-order valence-corrected chi connectivity index (χ0v) is 11.4. The predicted molar refractivity (Wildman–Crippen MR) is 67.6 cm³/mol. The molecule has 1 heterocycles. The second kappa shape index (κ2) is 5.13. The van der Waals surface area contributed by atoms with E-state index in [1.165, 1.54) is 10.4 Å². The highest BCUT2D eigenvalue weighted by Gasteiger charge is 2.32. The Morgan fingerprint density at radius 1 is 1.50 bits per heavy atom. The van der Waals surface area contributed by atoms with Crippen molar-refractivity contribution >= 4 is 21.6 Å². The number of nitrogens with zero attached hydrogens (tertiary/aromatic N) is 1. The molecule has 1 N–H and O–H groups in total. The van der Waals surface area contributed by atoms with E-state index in [-0.39, 0.29) is 16.0 Å². The molecule has 18 heavy (non-hydrogen) atoms. The molecule has 0 aromatic heterocycles. The van der Waals surface area contributed by atoms with Crippen LogP contribution in [0.15, 0.2) is 23.1 Å². The van der Waals surface area contributed by atoms with Gasteiger partial charge in [0.25, 0.3) is 0 Å². The Balaban J connectivity index is 2.44. The molecule has 0 radical (unpaired) electrons. The Bertz CT molecular complexity index is 550. The van der Waals surface area contributed by atoms with Crippen LogP contribution >= 0.6 is 11.6 Å². The molecule has 100 valence electrons. The molecule has 0 unspecified atom stereocenters. The Hall–Kier alpha value is -0.690. The van der Waals surface area contributed by atoms with Crippen molar-refractivity contribution in [2.75, 3.05) is 19.6 Å². The van der Waals surface area contributed by atoms with Crippen molar-refractivity contribution in [2.24, 2.45) is 0 Å². The van der Waals surface area contributed by atoms with Crippen LogP contribution in [0.1, 0.15) is 6.92 Å². The fraction of sp³-hybridized carbons (Fsp3) is 0.455. The normalized spacial score (nSPS) is 22.1. The van der Waals surface area contributed by atoms with E-state index in [4.69, 9.17) is 11.6 Å². The van der Waals surface area contributed by atoms with E-state index < -0.39 is 15.8 Å². The molecular formula is C11H14ClFN2O2S. The first-order valence-corrected chi connectivity index (χ1v) is 7.42. The van der Waals surface area contributed by atoms with Crippen molar-refractivity contribution in [3.8, 4) is 0 Å². The molecule has 0 bridgehead atoms. The molecule has 0 aliphatic carbocycles. The molecule has 7 heteroatoms. The summed E-state index contributed by atoms with van der Waals surface area (Å²) >= 11 is 5.74. The van der Waals surface area contributed by atoms with Gasteiger partial charge < -0.3 is 5.32 Å².